The lowest BCUT2D eigenvalue weighted by molar-refractivity contribution is -0.116. The van der Waals surface area contributed by atoms with Gasteiger partial charge in [-0.2, -0.15) is 0 Å². The summed E-state index contributed by atoms with van der Waals surface area (Å²) in [5.41, 5.74) is 1.99. The SMILES string of the molecule is Cc1ccc(CCC(=O)Nc2cc(F)ccc2NC(=O)OC(C)(C)C)cc1. The molecule has 0 fully saturated rings. The molecule has 0 spiro atoms. The average Bonchev–Trinajstić information content (AvgIpc) is 2.55. The van der Waals surface area contributed by atoms with E-state index in [1.54, 1.807) is 20.8 Å². The number of carbonyl (C=O) groups is 2. The molecule has 0 aliphatic rings. The monoisotopic (exact) mass is 372 g/mol. The first kappa shape index (κ1) is 20.4. The maximum atomic E-state index is 13.6. The molecule has 0 aromatic heterocycles. The molecule has 27 heavy (non-hydrogen) atoms. The third-order valence-corrected chi connectivity index (χ3v) is 3.65. The predicted octanol–water partition coefficient (Wildman–Crippen LogP) is 5.05. The Kier molecular flexibility index (Phi) is 6.55. The van der Waals surface area contributed by atoms with Gasteiger partial charge in [0.25, 0.3) is 0 Å². The van der Waals surface area contributed by atoms with Gasteiger partial charge < -0.3 is 10.1 Å². The summed E-state index contributed by atoms with van der Waals surface area (Å²) in [6.45, 7) is 7.22. The average molecular weight is 372 g/mol. The zero-order valence-corrected chi connectivity index (χ0v) is 16.1. The van der Waals surface area contributed by atoms with Crippen molar-refractivity contribution in [3.8, 4) is 0 Å². The topological polar surface area (TPSA) is 67.4 Å². The van der Waals surface area contributed by atoms with Crippen molar-refractivity contribution in [3.63, 3.8) is 0 Å². The van der Waals surface area contributed by atoms with Gasteiger partial charge in [-0.3, -0.25) is 10.1 Å². The molecule has 5 nitrogen and oxygen atoms in total. The highest BCUT2D eigenvalue weighted by Crippen LogP contribution is 2.24. The van der Waals surface area contributed by atoms with E-state index in [4.69, 9.17) is 4.74 Å². The molecule has 2 rings (SSSR count). The number of amides is 2. The van der Waals surface area contributed by atoms with Crippen LogP contribution >= 0.6 is 0 Å². The lowest BCUT2D eigenvalue weighted by Gasteiger charge is -2.20. The Balaban J connectivity index is 2.01. The van der Waals surface area contributed by atoms with E-state index in [1.165, 1.54) is 12.1 Å². The van der Waals surface area contributed by atoms with E-state index < -0.39 is 17.5 Å². The standard InChI is InChI=1S/C21H25FN2O3/c1-14-5-7-15(8-6-14)9-12-19(25)23-18-13-16(22)10-11-17(18)24-20(26)27-21(2,3)4/h5-8,10-11,13H,9,12H2,1-4H3,(H,23,25)(H,24,26). The molecule has 0 heterocycles. The minimum atomic E-state index is -0.677. The Morgan fingerprint density at radius 1 is 1.00 bits per heavy atom. The lowest BCUT2D eigenvalue weighted by Crippen LogP contribution is -2.27. The van der Waals surface area contributed by atoms with Gasteiger partial charge in [0.05, 0.1) is 11.4 Å². The van der Waals surface area contributed by atoms with E-state index in [0.717, 1.165) is 17.2 Å². The molecule has 2 N–H and O–H groups in total. The summed E-state index contributed by atoms with van der Waals surface area (Å²) in [6.07, 6.45) is 0.131. The second-order valence-electron chi connectivity index (χ2n) is 7.35. The van der Waals surface area contributed by atoms with Crippen LogP contribution in [0.2, 0.25) is 0 Å². The van der Waals surface area contributed by atoms with E-state index in [9.17, 15) is 14.0 Å². The molecule has 2 aromatic carbocycles. The number of carbonyl (C=O) groups excluding carboxylic acids is 2. The Hall–Kier alpha value is -2.89. The first-order valence-electron chi connectivity index (χ1n) is 8.77. The van der Waals surface area contributed by atoms with Crippen LogP contribution in [0.15, 0.2) is 42.5 Å². The van der Waals surface area contributed by atoms with E-state index >= 15 is 0 Å². The van der Waals surface area contributed by atoms with Gasteiger partial charge in [0.1, 0.15) is 11.4 Å². The van der Waals surface area contributed by atoms with Crippen molar-refractivity contribution in [2.45, 2.75) is 46.1 Å². The fraction of sp³-hybridized carbons (Fsp3) is 0.333. The van der Waals surface area contributed by atoms with Crippen molar-refractivity contribution in [2.24, 2.45) is 0 Å². The fourth-order valence-corrected chi connectivity index (χ4v) is 2.37. The summed E-state index contributed by atoms with van der Waals surface area (Å²) in [4.78, 5) is 24.2. The zero-order valence-electron chi connectivity index (χ0n) is 16.1. The Labute approximate surface area is 158 Å². The largest absolute Gasteiger partial charge is 0.444 e. The van der Waals surface area contributed by atoms with Gasteiger partial charge in [-0.25, -0.2) is 9.18 Å². The van der Waals surface area contributed by atoms with Gasteiger partial charge in [0.15, 0.2) is 0 Å². The number of anilines is 2. The van der Waals surface area contributed by atoms with Gasteiger partial charge >= 0.3 is 6.09 Å². The second kappa shape index (κ2) is 8.66. The minimum Gasteiger partial charge on any atom is -0.444 e. The summed E-state index contributed by atoms with van der Waals surface area (Å²) < 4.78 is 18.8. The molecule has 2 amide bonds. The van der Waals surface area contributed by atoms with Gasteiger partial charge in [-0.05, 0) is 57.9 Å². The van der Waals surface area contributed by atoms with Crippen molar-refractivity contribution in [2.75, 3.05) is 10.6 Å². The van der Waals surface area contributed by atoms with Crippen molar-refractivity contribution >= 4 is 23.4 Å². The van der Waals surface area contributed by atoms with Gasteiger partial charge in [-0.1, -0.05) is 29.8 Å². The molecule has 2 aromatic rings. The molecule has 0 unspecified atom stereocenters. The molecule has 0 bridgehead atoms. The number of hydrogen-bond donors (Lipinski definition) is 2. The van der Waals surface area contributed by atoms with Crippen molar-refractivity contribution < 1.29 is 18.7 Å². The van der Waals surface area contributed by atoms with Gasteiger partial charge in [-0.15, -0.1) is 0 Å². The first-order valence-corrected chi connectivity index (χ1v) is 8.77. The van der Waals surface area contributed by atoms with E-state index in [2.05, 4.69) is 10.6 Å². The molecule has 0 aliphatic carbocycles. The Morgan fingerprint density at radius 3 is 2.30 bits per heavy atom. The quantitative estimate of drug-likeness (QED) is 0.771. The van der Waals surface area contributed by atoms with Crippen LogP contribution in [0.1, 0.15) is 38.3 Å². The van der Waals surface area contributed by atoms with Gasteiger partial charge in [0, 0.05) is 6.42 Å². The highest BCUT2D eigenvalue weighted by molar-refractivity contribution is 5.97. The smallest absolute Gasteiger partial charge is 0.412 e. The van der Waals surface area contributed by atoms with Crippen molar-refractivity contribution in [1.29, 1.82) is 0 Å². The zero-order chi connectivity index (χ0) is 20.0. The van der Waals surface area contributed by atoms with E-state index in [1.807, 2.05) is 31.2 Å². The first-order chi connectivity index (χ1) is 12.6. The van der Waals surface area contributed by atoms with Crippen LogP contribution < -0.4 is 10.6 Å². The predicted molar refractivity (Wildman–Crippen MR) is 104 cm³/mol. The summed E-state index contributed by atoms with van der Waals surface area (Å²) >= 11 is 0. The molecule has 0 aliphatic heterocycles. The van der Waals surface area contributed by atoms with Crippen LogP contribution in [0.25, 0.3) is 0 Å². The highest BCUT2D eigenvalue weighted by atomic mass is 19.1. The van der Waals surface area contributed by atoms with Crippen LogP contribution in [0.4, 0.5) is 20.6 Å². The number of nitrogens with one attached hydrogen (secondary N) is 2. The minimum absolute atomic E-state index is 0.190. The highest BCUT2D eigenvalue weighted by Gasteiger charge is 2.18. The molecule has 6 heteroatoms. The summed E-state index contributed by atoms with van der Waals surface area (Å²) in [7, 11) is 0. The summed E-state index contributed by atoms with van der Waals surface area (Å²) in [5, 5.41) is 5.19. The second-order valence-corrected chi connectivity index (χ2v) is 7.35. The molecule has 144 valence electrons. The van der Waals surface area contributed by atoms with Crippen LogP contribution in [-0.4, -0.2) is 17.6 Å². The Bertz CT molecular complexity index is 811. The Morgan fingerprint density at radius 2 is 1.67 bits per heavy atom. The number of rotatable bonds is 5. The number of benzene rings is 2. The van der Waals surface area contributed by atoms with Crippen LogP contribution in [0, 0.1) is 12.7 Å². The van der Waals surface area contributed by atoms with Crippen LogP contribution in [-0.2, 0) is 16.0 Å². The lowest BCUT2D eigenvalue weighted by atomic mass is 10.1. The molecule has 0 radical (unpaired) electrons. The number of halogens is 1. The van der Waals surface area contributed by atoms with Crippen LogP contribution in [0.5, 0.6) is 0 Å². The fourth-order valence-electron chi connectivity index (χ4n) is 2.37. The normalized spacial score (nSPS) is 11.0. The maximum Gasteiger partial charge on any atom is 0.412 e. The maximum absolute atomic E-state index is 13.6. The molecule has 0 atom stereocenters. The third-order valence-electron chi connectivity index (χ3n) is 3.65. The van der Waals surface area contributed by atoms with E-state index in [-0.39, 0.29) is 23.7 Å². The molecule has 0 saturated heterocycles. The third kappa shape index (κ3) is 7.09. The van der Waals surface area contributed by atoms with Crippen molar-refractivity contribution in [1.82, 2.24) is 0 Å². The molecular weight excluding hydrogens is 347 g/mol. The van der Waals surface area contributed by atoms with Crippen LogP contribution in [0.3, 0.4) is 0 Å². The van der Waals surface area contributed by atoms with Gasteiger partial charge in [0.2, 0.25) is 5.91 Å². The van der Waals surface area contributed by atoms with Crippen molar-refractivity contribution in [3.05, 3.63) is 59.4 Å². The summed E-state index contributed by atoms with van der Waals surface area (Å²) in [5.74, 6) is -0.785. The molecule has 0 saturated carbocycles. The van der Waals surface area contributed by atoms with E-state index in [0.29, 0.717) is 6.42 Å². The molecular formula is C21H25FN2O3. The number of ether oxygens (including phenoxy) is 1. The number of hydrogen-bond acceptors (Lipinski definition) is 3. The number of aryl methyl sites for hydroxylation is 2. The summed E-state index contributed by atoms with van der Waals surface area (Å²) in [6, 6.07) is 11.7.